The third kappa shape index (κ3) is 3.11. The summed E-state index contributed by atoms with van der Waals surface area (Å²) in [4.78, 5) is 15.6. The summed E-state index contributed by atoms with van der Waals surface area (Å²) in [7, 11) is 1.36. The monoisotopic (exact) mass is 264 g/mol. The first-order valence-electron chi connectivity index (χ1n) is 6.45. The van der Waals surface area contributed by atoms with Gasteiger partial charge in [-0.05, 0) is 32.4 Å². The Balaban J connectivity index is 1.95. The topological polar surface area (TPSA) is 60.5 Å². The molecule has 0 bridgehead atoms. The van der Waals surface area contributed by atoms with Crippen LogP contribution in [0.1, 0.15) is 36.3 Å². The third-order valence-corrected chi connectivity index (χ3v) is 3.81. The molecule has 2 atom stereocenters. The first-order chi connectivity index (χ1) is 9.05. The molecule has 19 heavy (non-hydrogen) atoms. The molecule has 1 N–H and O–H groups in total. The average molecular weight is 264 g/mol. The maximum atomic E-state index is 11.3. The van der Waals surface area contributed by atoms with Gasteiger partial charge in [0.15, 0.2) is 0 Å². The van der Waals surface area contributed by atoms with Crippen LogP contribution in [0.25, 0.3) is 0 Å². The molecule has 0 saturated carbocycles. The van der Waals surface area contributed by atoms with E-state index in [1.165, 1.54) is 7.11 Å². The molecule has 5 nitrogen and oxygen atoms in total. The van der Waals surface area contributed by atoms with Gasteiger partial charge in [-0.3, -0.25) is 4.98 Å². The van der Waals surface area contributed by atoms with Crippen LogP contribution in [0, 0.1) is 0 Å². The molecule has 1 aliphatic rings. The second-order valence-electron chi connectivity index (χ2n) is 5.06. The number of esters is 1. The van der Waals surface area contributed by atoms with Crippen LogP contribution in [0.2, 0.25) is 0 Å². The van der Waals surface area contributed by atoms with E-state index in [-0.39, 0.29) is 17.6 Å². The number of ether oxygens (including phenoxy) is 2. The first-order valence-corrected chi connectivity index (χ1v) is 6.45. The summed E-state index contributed by atoms with van der Waals surface area (Å²) in [6.45, 7) is 5.69. The van der Waals surface area contributed by atoms with Crippen LogP contribution < -0.4 is 5.32 Å². The van der Waals surface area contributed by atoms with Crippen LogP contribution in [0.5, 0.6) is 0 Å². The van der Waals surface area contributed by atoms with Crippen LogP contribution in [0.3, 0.4) is 0 Å². The number of hydrogen-bond acceptors (Lipinski definition) is 5. The van der Waals surface area contributed by atoms with E-state index >= 15 is 0 Å². The summed E-state index contributed by atoms with van der Waals surface area (Å²) in [5.41, 5.74) is 1.35. The normalized spacial score (nSPS) is 26.4. The highest BCUT2D eigenvalue weighted by Gasteiger charge is 2.36. The molecule has 0 aromatic carbocycles. The lowest BCUT2D eigenvalue weighted by atomic mass is 9.94. The van der Waals surface area contributed by atoms with Crippen molar-refractivity contribution in [3.8, 4) is 0 Å². The van der Waals surface area contributed by atoms with Gasteiger partial charge in [-0.2, -0.15) is 0 Å². The van der Waals surface area contributed by atoms with Gasteiger partial charge in [0.25, 0.3) is 0 Å². The van der Waals surface area contributed by atoms with E-state index < -0.39 is 0 Å². The standard InChI is InChI=1S/C14H20N2O3/c1-10-14(2,6-7-19-10)16-9-12-5-4-11(8-15-12)13(17)18-3/h4-5,8,10,16H,6-7,9H2,1-3H3. The van der Waals surface area contributed by atoms with Crippen LogP contribution in [0.4, 0.5) is 0 Å². The van der Waals surface area contributed by atoms with Gasteiger partial charge in [-0.1, -0.05) is 0 Å². The van der Waals surface area contributed by atoms with Gasteiger partial charge < -0.3 is 14.8 Å². The number of aromatic nitrogens is 1. The number of hydrogen-bond donors (Lipinski definition) is 1. The molecule has 1 saturated heterocycles. The van der Waals surface area contributed by atoms with Gasteiger partial charge in [-0.25, -0.2) is 4.79 Å². The number of carbonyl (C=O) groups is 1. The fraction of sp³-hybridized carbons (Fsp3) is 0.571. The second kappa shape index (κ2) is 5.67. The maximum absolute atomic E-state index is 11.3. The highest BCUT2D eigenvalue weighted by atomic mass is 16.5. The third-order valence-electron chi connectivity index (χ3n) is 3.81. The van der Waals surface area contributed by atoms with Crippen molar-refractivity contribution in [1.29, 1.82) is 0 Å². The van der Waals surface area contributed by atoms with Crippen molar-refractivity contribution in [1.82, 2.24) is 10.3 Å². The van der Waals surface area contributed by atoms with Crippen LogP contribution in [-0.4, -0.2) is 36.3 Å². The van der Waals surface area contributed by atoms with E-state index in [9.17, 15) is 4.79 Å². The van der Waals surface area contributed by atoms with Crippen LogP contribution in [0.15, 0.2) is 18.3 Å². The summed E-state index contributed by atoms with van der Waals surface area (Å²) in [6, 6.07) is 3.57. The number of methoxy groups -OCH3 is 1. The molecule has 0 radical (unpaired) electrons. The minimum atomic E-state index is -0.364. The molecule has 2 heterocycles. The SMILES string of the molecule is COC(=O)c1ccc(CNC2(C)CCOC2C)nc1. The number of rotatable bonds is 4. The molecule has 2 unspecified atom stereocenters. The van der Waals surface area contributed by atoms with Crippen molar-refractivity contribution >= 4 is 5.97 Å². The zero-order valence-electron chi connectivity index (χ0n) is 11.6. The van der Waals surface area contributed by atoms with Gasteiger partial charge in [0.2, 0.25) is 0 Å². The molecule has 0 amide bonds. The molecule has 0 spiro atoms. The minimum Gasteiger partial charge on any atom is -0.465 e. The Morgan fingerprint density at radius 1 is 1.63 bits per heavy atom. The van der Waals surface area contributed by atoms with Crippen molar-refractivity contribution in [2.45, 2.75) is 38.5 Å². The van der Waals surface area contributed by atoms with Crippen molar-refractivity contribution in [3.63, 3.8) is 0 Å². The highest BCUT2D eigenvalue weighted by Crippen LogP contribution is 2.25. The summed E-state index contributed by atoms with van der Waals surface area (Å²) < 4.78 is 10.2. The number of pyridine rings is 1. The van der Waals surface area contributed by atoms with E-state index in [4.69, 9.17) is 4.74 Å². The Morgan fingerprint density at radius 2 is 2.42 bits per heavy atom. The van der Waals surface area contributed by atoms with Gasteiger partial charge in [0, 0.05) is 24.9 Å². The van der Waals surface area contributed by atoms with E-state index in [0.717, 1.165) is 18.7 Å². The summed E-state index contributed by atoms with van der Waals surface area (Å²) in [6.07, 6.45) is 2.73. The molecule has 2 rings (SSSR count). The average Bonchev–Trinajstić information content (AvgIpc) is 2.77. The van der Waals surface area contributed by atoms with Crippen molar-refractivity contribution in [2.75, 3.05) is 13.7 Å². The Labute approximate surface area is 113 Å². The second-order valence-corrected chi connectivity index (χ2v) is 5.06. The molecule has 1 aromatic rings. The molecule has 104 valence electrons. The van der Waals surface area contributed by atoms with E-state index in [2.05, 4.69) is 28.9 Å². The molecular weight excluding hydrogens is 244 g/mol. The Kier molecular flexibility index (Phi) is 4.17. The van der Waals surface area contributed by atoms with E-state index in [1.807, 2.05) is 6.07 Å². The smallest absolute Gasteiger partial charge is 0.339 e. The Bertz CT molecular complexity index is 447. The molecule has 1 aliphatic heterocycles. The van der Waals surface area contributed by atoms with Gasteiger partial charge in [0.1, 0.15) is 0 Å². The fourth-order valence-corrected chi connectivity index (χ4v) is 2.13. The van der Waals surface area contributed by atoms with Crippen molar-refractivity contribution < 1.29 is 14.3 Å². The molecule has 1 aromatic heterocycles. The lowest BCUT2D eigenvalue weighted by molar-refractivity contribution is 0.0600. The number of nitrogens with one attached hydrogen (secondary N) is 1. The summed E-state index contributed by atoms with van der Waals surface area (Å²) >= 11 is 0. The summed E-state index contributed by atoms with van der Waals surface area (Å²) in [5.74, 6) is -0.364. The zero-order chi connectivity index (χ0) is 13.9. The van der Waals surface area contributed by atoms with Crippen LogP contribution >= 0.6 is 0 Å². The maximum Gasteiger partial charge on any atom is 0.339 e. The van der Waals surface area contributed by atoms with Crippen LogP contribution in [-0.2, 0) is 16.0 Å². The fourth-order valence-electron chi connectivity index (χ4n) is 2.13. The quantitative estimate of drug-likeness (QED) is 0.836. The minimum absolute atomic E-state index is 0.0112. The Hall–Kier alpha value is -1.46. The van der Waals surface area contributed by atoms with Gasteiger partial charge in [0.05, 0.1) is 24.5 Å². The zero-order valence-corrected chi connectivity index (χ0v) is 11.6. The summed E-state index contributed by atoms with van der Waals surface area (Å²) in [5, 5.41) is 3.48. The lowest BCUT2D eigenvalue weighted by Crippen LogP contribution is -2.47. The number of nitrogens with zero attached hydrogens (tertiary/aromatic N) is 1. The Morgan fingerprint density at radius 3 is 2.95 bits per heavy atom. The number of carbonyl (C=O) groups excluding carboxylic acids is 1. The molecule has 5 heteroatoms. The van der Waals surface area contributed by atoms with Crippen molar-refractivity contribution in [2.24, 2.45) is 0 Å². The molecular formula is C14H20N2O3. The van der Waals surface area contributed by atoms with Gasteiger partial charge >= 0.3 is 5.97 Å². The lowest BCUT2D eigenvalue weighted by Gasteiger charge is -2.28. The highest BCUT2D eigenvalue weighted by molar-refractivity contribution is 5.88. The molecule has 1 fully saturated rings. The van der Waals surface area contributed by atoms with E-state index in [0.29, 0.717) is 12.1 Å². The first kappa shape index (κ1) is 14.0. The largest absolute Gasteiger partial charge is 0.465 e. The molecule has 0 aliphatic carbocycles. The van der Waals surface area contributed by atoms with E-state index in [1.54, 1.807) is 12.3 Å². The predicted octanol–water partition coefficient (Wildman–Crippen LogP) is 1.53. The van der Waals surface area contributed by atoms with Gasteiger partial charge in [-0.15, -0.1) is 0 Å². The predicted molar refractivity (Wildman–Crippen MR) is 70.9 cm³/mol. The van der Waals surface area contributed by atoms with Crippen molar-refractivity contribution in [3.05, 3.63) is 29.6 Å².